The van der Waals surface area contributed by atoms with Crippen molar-refractivity contribution in [3.05, 3.63) is 34.6 Å². The van der Waals surface area contributed by atoms with E-state index in [4.69, 9.17) is 17.3 Å². The molecule has 1 rings (SSSR count). The second kappa shape index (κ2) is 3.85. The van der Waals surface area contributed by atoms with Crippen molar-refractivity contribution in [2.24, 2.45) is 5.73 Å². The summed E-state index contributed by atoms with van der Waals surface area (Å²) >= 11 is 5.52. The lowest BCUT2D eigenvalue weighted by Crippen LogP contribution is -2.18. The van der Waals surface area contributed by atoms with Gasteiger partial charge in [0.05, 0.1) is 11.1 Å². The van der Waals surface area contributed by atoms with Crippen molar-refractivity contribution in [3.63, 3.8) is 0 Å². The molecule has 0 saturated heterocycles. The Morgan fingerprint density at radius 1 is 1.62 bits per heavy atom. The maximum Gasteiger partial charge on any atom is 0.150 e. The Labute approximate surface area is 80.5 Å². The molecule has 1 aromatic rings. The van der Waals surface area contributed by atoms with E-state index in [2.05, 4.69) is 0 Å². The van der Waals surface area contributed by atoms with Crippen molar-refractivity contribution in [2.75, 3.05) is 0 Å². The van der Waals surface area contributed by atoms with Gasteiger partial charge in [-0.3, -0.25) is 4.79 Å². The maximum atomic E-state index is 12.7. The lowest BCUT2D eigenvalue weighted by molar-refractivity contribution is -0.118. The van der Waals surface area contributed by atoms with E-state index in [1.165, 1.54) is 25.1 Å². The molecular formula is C9H9ClFNO. The van der Waals surface area contributed by atoms with Crippen molar-refractivity contribution in [3.8, 4) is 0 Å². The van der Waals surface area contributed by atoms with E-state index >= 15 is 0 Å². The number of carbonyl (C=O) groups is 1. The molecule has 0 saturated carbocycles. The van der Waals surface area contributed by atoms with Crippen molar-refractivity contribution in [1.82, 2.24) is 0 Å². The van der Waals surface area contributed by atoms with Crippen molar-refractivity contribution < 1.29 is 9.18 Å². The number of carbonyl (C=O) groups excluding carboxylic acids is 1. The third-order valence-electron chi connectivity index (χ3n) is 1.74. The maximum absolute atomic E-state index is 12.7. The van der Waals surface area contributed by atoms with E-state index in [-0.39, 0.29) is 10.8 Å². The van der Waals surface area contributed by atoms with Gasteiger partial charge in [0, 0.05) is 0 Å². The second-order valence-electron chi connectivity index (χ2n) is 2.76. The zero-order valence-corrected chi connectivity index (χ0v) is 7.81. The molecule has 1 atom stereocenters. The number of rotatable bonds is 2. The molecule has 13 heavy (non-hydrogen) atoms. The molecule has 4 heteroatoms. The van der Waals surface area contributed by atoms with E-state index < -0.39 is 11.9 Å². The van der Waals surface area contributed by atoms with Crippen LogP contribution in [0.4, 0.5) is 4.39 Å². The second-order valence-corrected chi connectivity index (χ2v) is 3.17. The van der Waals surface area contributed by atoms with E-state index in [9.17, 15) is 9.18 Å². The molecule has 1 unspecified atom stereocenters. The van der Waals surface area contributed by atoms with Gasteiger partial charge in [0.2, 0.25) is 0 Å². The summed E-state index contributed by atoms with van der Waals surface area (Å²) in [7, 11) is 0. The normalized spacial score (nSPS) is 12.6. The van der Waals surface area contributed by atoms with Gasteiger partial charge in [0.15, 0.2) is 5.78 Å². The van der Waals surface area contributed by atoms with Crippen LogP contribution in [0, 0.1) is 5.82 Å². The first-order valence-electron chi connectivity index (χ1n) is 3.73. The van der Waals surface area contributed by atoms with E-state index in [1.807, 2.05) is 0 Å². The summed E-state index contributed by atoms with van der Waals surface area (Å²) in [5, 5.41) is -0.0193. The van der Waals surface area contributed by atoms with Gasteiger partial charge in [-0.2, -0.15) is 0 Å². The van der Waals surface area contributed by atoms with Gasteiger partial charge in [0.25, 0.3) is 0 Å². The zero-order valence-electron chi connectivity index (χ0n) is 7.05. The minimum Gasteiger partial charge on any atom is -0.318 e. The highest BCUT2D eigenvalue weighted by Crippen LogP contribution is 2.19. The van der Waals surface area contributed by atoms with E-state index in [0.717, 1.165) is 0 Å². The number of hydrogen-bond donors (Lipinski definition) is 1. The Balaban J connectivity index is 3.03. The van der Waals surface area contributed by atoms with Gasteiger partial charge in [-0.15, -0.1) is 0 Å². The van der Waals surface area contributed by atoms with Crippen LogP contribution in [-0.2, 0) is 4.79 Å². The molecule has 0 heterocycles. The van der Waals surface area contributed by atoms with Crippen molar-refractivity contribution in [2.45, 2.75) is 13.0 Å². The molecule has 2 nitrogen and oxygen atoms in total. The number of ketones is 1. The fourth-order valence-electron chi connectivity index (χ4n) is 0.941. The molecule has 0 bridgehead atoms. The minimum atomic E-state index is -0.724. The fraction of sp³-hybridized carbons (Fsp3) is 0.222. The zero-order chi connectivity index (χ0) is 10.0. The molecule has 0 amide bonds. The quantitative estimate of drug-likeness (QED) is 0.796. The summed E-state index contributed by atoms with van der Waals surface area (Å²) in [5.41, 5.74) is 6.05. The summed E-state index contributed by atoms with van der Waals surface area (Å²) in [6.07, 6.45) is 0. The van der Waals surface area contributed by atoms with Crippen LogP contribution in [0.2, 0.25) is 5.02 Å². The topological polar surface area (TPSA) is 43.1 Å². The van der Waals surface area contributed by atoms with E-state index in [0.29, 0.717) is 5.56 Å². The van der Waals surface area contributed by atoms with Crippen LogP contribution >= 0.6 is 11.6 Å². The first kappa shape index (κ1) is 10.2. The highest BCUT2D eigenvalue weighted by atomic mass is 35.5. The standard InChI is InChI=1S/C9H9ClFNO/c1-5(13)9(12)6-2-3-8(11)7(10)4-6/h2-4,9H,12H2,1H3. The highest BCUT2D eigenvalue weighted by Gasteiger charge is 2.12. The Morgan fingerprint density at radius 2 is 2.23 bits per heavy atom. The highest BCUT2D eigenvalue weighted by molar-refractivity contribution is 6.30. The van der Waals surface area contributed by atoms with Crippen LogP contribution in [0.1, 0.15) is 18.5 Å². The summed E-state index contributed by atoms with van der Waals surface area (Å²) in [6.45, 7) is 1.38. The average molecular weight is 202 g/mol. The van der Waals surface area contributed by atoms with E-state index in [1.54, 1.807) is 0 Å². The molecule has 0 aliphatic carbocycles. The first-order valence-corrected chi connectivity index (χ1v) is 4.11. The van der Waals surface area contributed by atoms with Gasteiger partial charge in [0.1, 0.15) is 5.82 Å². The number of halogens is 2. The Bertz CT molecular complexity index is 340. The number of Topliss-reactive ketones (excluding diaryl/α,β-unsaturated/α-hetero) is 1. The smallest absolute Gasteiger partial charge is 0.150 e. The summed E-state index contributed by atoms with van der Waals surface area (Å²) < 4.78 is 12.7. The van der Waals surface area contributed by atoms with Crippen LogP contribution < -0.4 is 5.73 Å². The van der Waals surface area contributed by atoms with Crippen LogP contribution in [-0.4, -0.2) is 5.78 Å². The number of hydrogen-bond acceptors (Lipinski definition) is 2. The molecule has 0 aromatic heterocycles. The Morgan fingerprint density at radius 3 is 2.69 bits per heavy atom. The van der Waals surface area contributed by atoms with Gasteiger partial charge in [-0.1, -0.05) is 17.7 Å². The van der Waals surface area contributed by atoms with Crippen molar-refractivity contribution >= 4 is 17.4 Å². The van der Waals surface area contributed by atoms with Gasteiger partial charge >= 0.3 is 0 Å². The minimum absolute atomic E-state index is 0.0193. The fourth-order valence-corrected chi connectivity index (χ4v) is 1.13. The number of nitrogens with two attached hydrogens (primary N) is 1. The van der Waals surface area contributed by atoms with Crippen LogP contribution in [0.25, 0.3) is 0 Å². The largest absolute Gasteiger partial charge is 0.318 e. The molecule has 0 aliphatic rings. The summed E-state index contributed by atoms with van der Waals surface area (Å²) in [6, 6.07) is 3.29. The average Bonchev–Trinajstić information content (AvgIpc) is 2.08. The predicted octanol–water partition coefficient (Wildman–Crippen LogP) is 2.07. The van der Waals surface area contributed by atoms with Crippen molar-refractivity contribution in [1.29, 1.82) is 0 Å². The molecule has 70 valence electrons. The lowest BCUT2D eigenvalue weighted by Gasteiger charge is -2.08. The number of benzene rings is 1. The SMILES string of the molecule is CC(=O)C(N)c1ccc(F)c(Cl)c1. The predicted molar refractivity (Wildman–Crippen MR) is 49.0 cm³/mol. The lowest BCUT2D eigenvalue weighted by atomic mass is 10.0. The van der Waals surface area contributed by atoms with Gasteiger partial charge in [-0.05, 0) is 24.6 Å². The Hall–Kier alpha value is -0.930. The molecule has 0 aliphatic heterocycles. The van der Waals surface area contributed by atoms with Gasteiger partial charge in [-0.25, -0.2) is 4.39 Å². The molecule has 0 fully saturated rings. The summed E-state index contributed by atoms with van der Waals surface area (Å²) in [4.78, 5) is 10.9. The Kier molecular flexibility index (Phi) is 3.01. The summed E-state index contributed by atoms with van der Waals surface area (Å²) in [5.74, 6) is -0.691. The van der Waals surface area contributed by atoms with Crippen LogP contribution in [0.15, 0.2) is 18.2 Å². The van der Waals surface area contributed by atoms with Crippen LogP contribution in [0.5, 0.6) is 0 Å². The first-order chi connectivity index (χ1) is 6.02. The molecule has 0 radical (unpaired) electrons. The third kappa shape index (κ3) is 2.26. The molecule has 1 aromatic carbocycles. The molecular weight excluding hydrogens is 193 g/mol. The van der Waals surface area contributed by atoms with Crippen LogP contribution in [0.3, 0.4) is 0 Å². The molecule has 2 N–H and O–H groups in total. The third-order valence-corrected chi connectivity index (χ3v) is 2.03. The monoisotopic (exact) mass is 201 g/mol. The molecule has 0 spiro atoms. The van der Waals surface area contributed by atoms with Gasteiger partial charge < -0.3 is 5.73 Å².